The molecule has 0 unspecified atom stereocenters. The van der Waals surface area contributed by atoms with Crippen LogP contribution in [0.4, 0.5) is 0 Å². The van der Waals surface area contributed by atoms with Crippen LogP contribution in [0.25, 0.3) is 11.0 Å². The Hall–Kier alpha value is -2.33. The Morgan fingerprint density at radius 3 is 2.76 bits per heavy atom. The minimum absolute atomic E-state index is 0.509. The van der Waals surface area contributed by atoms with Crippen molar-refractivity contribution < 1.29 is 20.1 Å². The lowest BCUT2D eigenvalue weighted by Gasteiger charge is -2.20. The first-order valence-electron chi connectivity index (χ1n) is 7.93. The van der Waals surface area contributed by atoms with Crippen LogP contribution in [0.15, 0.2) is 31.0 Å². The average molecular weight is 345 g/mol. The van der Waals surface area contributed by atoms with Crippen molar-refractivity contribution in [2.24, 2.45) is 7.05 Å². The van der Waals surface area contributed by atoms with E-state index in [9.17, 15) is 15.3 Å². The molecule has 0 saturated carbocycles. The summed E-state index contributed by atoms with van der Waals surface area (Å²) in [5, 5.41) is 36.2. The van der Waals surface area contributed by atoms with Gasteiger partial charge in [-0.3, -0.25) is 4.68 Å². The molecular weight excluding hydrogens is 326 g/mol. The molecule has 9 heteroatoms. The lowest BCUT2D eigenvalue weighted by molar-refractivity contribution is -0.0848. The molecule has 3 aromatic heterocycles. The van der Waals surface area contributed by atoms with Crippen LogP contribution in [0.3, 0.4) is 0 Å². The van der Waals surface area contributed by atoms with Crippen molar-refractivity contribution in [2.45, 2.75) is 37.6 Å². The Kier molecular flexibility index (Phi) is 3.80. The van der Waals surface area contributed by atoms with E-state index in [-0.39, 0.29) is 0 Å². The molecule has 9 nitrogen and oxygen atoms in total. The van der Waals surface area contributed by atoms with Gasteiger partial charge in [0.25, 0.3) is 0 Å². The van der Waals surface area contributed by atoms with E-state index in [1.165, 1.54) is 12.5 Å². The molecule has 25 heavy (non-hydrogen) atoms. The predicted molar refractivity (Wildman–Crippen MR) is 86.4 cm³/mol. The van der Waals surface area contributed by atoms with Gasteiger partial charge >= 0.3 is 0 Å². The topological polar surface area (TPSA) is 118 Å². The molecule has 5 atom stereocenters. The van der Waals surface area contributed by atoms with E-state index in [0.717, 1.165) is 11.1 Å². The van der Waals surface area contributed by atoms with Gasteiger partial charge in [-0.2, -0.15) is 5.10 Å². The highest BCUT2D eigenvalue weighted by molar-refractivity contribution is 5.78. The minimum atomic E-state index is -1.25. The van der Waals surface area contributed by atoms with Crippen molar-refractivity contribution in [3.8, 4) is 0 Å². The van der Waals surface area contributed by atoms with E-state index < -0.39 is 30.6 Å². The summed E-state index contributed by atoms with van der Waals surface area (Å²) in [5.41, 5.74) is 1.92. The van der Waals surface area contributed by atoms with Crippen LogP contribution in [-0.2, 0) is 11.8 Å². The summed E-state index contributed by atoms with van der Waals surface area (Å²) in [6, 6.07) is 1.83. The number of fused-ring (bicyclic) bond motifs is 1. The molecule has 4 rings (SSSR count). The molecule has 3 aromatic rings. The fourth-order valence-corrected chi connectivity index (χ4v) is 3.26. The number of aromatic nitrogens is 5. The van der Waals surface area contributed by atoms with Crippen molar-refractivity contribution in [3.63, 3.8) is 0 Å². The fraction of sp³-hybridized carbons (Fsp3) is 0.438. The lowest BCUT2D eigenvalue weighted by Crippen LogP contribution is -2.34. The number of hydrogen-bond donors (Lipinski definition) is 3. The Balaban J connectivity index is 1.66. The molecule has 0 spiro atoms. The number of nitrogens with zero attached hydrogens (tertiary/aromatic N) is 5. The van der Waals surface area contributed by atoms with Gasteiger partial charge in [-0.25, -0.2) is 9.97 Å². The maximum atomic E-state index is 10.5. The molecule has 1 aliphatic rings. The van der Waals surface area contributed by atoms with E-state index in [1.54, 1.807) is 28.7 Å². The van der Waals surface area contributed by atoms with Crippen molar-refractivity contribution in [2.75, 3.05) is 0 Å². The number of aliphatic hydroxyl groups excluding tert-OH is 3. The molecule has 0 amide bonds. The molecule has 4 heterocycles. The molecule has 1 fully saturated rings. The van der Waals surface area contributed by atoms with Crippen molar-refractivity contribution in [1.29, 1.82) is 0 Å². The lowest BCUT2D eigenvalue weighted by atomic mass is 10.0. The summed E-state index contributed by atoms with van der Waals surface area (Å²) in [4.78, 5) is 8.38. The number of ether oxygens (including phenoxy) is 1. The van der Waals surface area contributed by atoms with Gasteiger partial charge in [0.2, 0.25) is 0 Å². The first kappa shape index (κ1) is 16.2. The van der Waals surface area contributed by atoms with E-state index in [0.29, 0.717) is 11.2 Å². The van der Waals surface area contributed by atoms with Gasteiger partial charge in [0.05, 0.1) is 11.9 Å². The molecule has 0 radical (unpaired) electrons. The molecule has 1 aliphatic heterocycles. The van der Waals surface area contributed by atoms with Gasteiger partial charge in [0.15, 0.2) is 6.23 Å². The van der Waals surface area contributed by atoms with Gasteiger partial charge in [0, 0.05) is 30.4 Å². The van der Waals surface area contributed by atoms with Crippen molar-refractivity contribution >= 4 is 11.0 Å². The molecule has 0 aliphatic carbocycles. The van der Waals surface area contributed by atoms with Gasteiger partial charge in [-0.05, 0) is 13.0 Å². The van der Waals surface area contributed by atoms with Crippen LogP contribution in [0.1, 0.15) is 23.6 Å². The third-order valence-electron chi connectivity index (χ3n) is 4.64. The third kappa shape index (κ3) is 2.52. The van der Waals surface area contributed by atoms with Crippen LogP contribution in [0.5, 0.6) is 0 Å². The zero-order valence-corrected chi connectivity index (χ0v) is 13.8. The van der Waals surface area contributed by atoms with E-state index >= 15 is 0 Å². The maximum Gasteiger partial charge on any atom is 0.164 e. The molecular formula is C16H19N5O4. The Labute approximate surface area is 143 Å². The van der Waals surface area contributed by atoms with Crippen LogP contribution in [0.2, 0.25) is 0 Å². The zero-order chi connectivity index (χ0) is 17.7. The maximum absolute atomic E-state index is 10.5. The summed E-state index contributed by atoms with van der Waals surface area (Å²) >= 11 is 0. The second-order valence-corrected chi connectivity index (χ2v) is 6.28. The summed E-state index contributed by atoms with van der Waals surface area (Å²) in [7, 11) is 1.73. The van der Waals surface area contributed by atoms with Crippen molar-refractivity contribution in [3.05, 3.63) is 42.2 Å². The van der Waals surface area contributed by atoms with E-state index in [4.69, 9.17) is 4.74 Å². The smallest absolute Gasteiger partial charge is 0.164 e. The Morgan fingerprint density at radius 2 is 2.04 bits per heavy atom. The summed E-state index contributed by atoms with van der Waals surface area (Å²) in [6.45, 7) is 1.87. The quantitative estimate of drug-likeness (QED) is 0.603. The molecule has 3 N–H and O–H groups in total. The number of hydrogen-bond acceptors (Lipinski definition) is 7. The standard InChI is InChI=1S/C16H19N5O4/c1-8-10-3-4-21(15(10)18-7-17-8)16-13(24)12(23)14(25-16)11(22)9-5-19-20(2)6-9/h3-7,11-14,16,22-24H,1-2H3/t11-,12+,13-,14-,16-/m1/s1. The van der Waals surface area contributed by atoms with Crippen LogP contribution < -0.4 is 0 Å². The fourth-order valence-electron chi connectivity index (χ4n) is 3.26. The van der Waals surface area contributed by atoms with E-state index in [1.807, 2.05) is 13.0 Å². The molecule has 0 aromatic carbocycles. The van der Waals surface area contributed by atoms with Crippen LogP contribution in [-0.4, -0.2) is 57.9 Å². The normalized spacial score (nSPS) is 27.9. The first-order valence-corrected chi connectivity index (χ1v) is 7.93. The highest BCUT2D eigenvalue weighted by Gasteiger charge is 2.47. The van der Waals surface area contributed by atoms with Gasteiger partial charge in [-0.1, -0.05) is 0 Å². The second-order valence-electron chi connectivity index (χ2n) is 6.28. The molecule has 0 bridgehead atoms. The highest BCUT2D eigenvalue weighted by atomic mass is 16.6. The molecule has 1 saturated heterocycles. The monoisotopic (exact) mass is 345 g/mol. The van der Waals surface area contributed by atoms with Crippen molar-refractivity contribution in [1.82, 2.24) is 24.3 Å². The van der Waals surface area contributed by atoms with Crippen LogP contribution >= 0.6 is 0 Å². The first-order chi connectivity index (χ1) is 12.0. The summed E-state index contributed by atoms with van der Waals surface area (Å²) < 4.78 is 9.01. The molecule has 132 valence electrons. The SMILES string of the molecule is Cc1ncnc2c1ccn2[C@@H]1O[C@H]([C@H](O)c2cnn(C)c2)[C@@H](O)[C@H]1O. The zero-order valence-electron chi connectivity index (χ0n) is 13.8. The van der Waals surface area contributed by atoms with Gasteiger partial charge in [-0.15, -0.1) is 0 Å². The average Bonchev–Trinajstić information content (AvgIpc) is 3.27. The Bertz CT molecular complexity index is 907. The predicted octanol–water partition coefficient (Wildman–Crippen LogP) is -0.174. The van der Waals surface area contributed by atoms with Gasteiger partial charge in [0.1, 0.15) is 36.4 Å². The number of aryl methyl sites for hydroxylation is 2. The van der Waals surface area contributed by atoms with Gasteiger partial charge < -0.3 is 24.6 Å². The minimum Gasteiger partial charge on any atom is -0.387 e. The highest BCUT2D eigenvalue weighted by Crippen LogP contribution is 2.37. The number of rotatable bonds is 3. The summed E-state index contributed by atoms with van der Waals surface area (Å²) in [6.07, 6.45) is 0.899. The Morgan fingerprint density at radius 1 is 1.24 bits per heavy atom. The summed E-state index contributed by atoms with van der Waals surface area (Å²) in [5.74, 6) is 0. The van der Waals surface area contributed by atoms with E-state index in [2.05, 4.69) is 15.1 Å². The third-order valence-corrected chi connectivity index (χ3v) is 4.64. The second kappa shape index (κ2) is 5.88. The van der Waals surface area contributed by atoms with Crippen LogP contribution in [0, 0.1) is 6.92 Å². The number of aliphatic hydroxyl groups is 3. The largest absolute Gasteiger partial charge is 0.387 e.